The Kier molecular flexibility index (Phi) is 5.96. The SMILES string of the molecule is COC(=O)/C=C1/SC(=NC(=O)c2cccc(C)c2)N(c2cccc(Cl)c2)C1=O. The molecule has 0 aliphatic carbocycles. The molecule has 142 valence electrons. The van der Waals surface area contributed by atoms with Crippen molar-refractivity contribution >= 4 is 52.0 Å². The van der Waals surface area contributed by atoms with Gasteiger partial charge in [0.25, 0.3) is 11.8 Å². The summed E-state index contributed by atoms with van der Waals surface area (Å²) in [6.07, 6.45) is 1.07. The fourth-order valence-corrected chi connectivity index (χ4v) is 3.61. The second kappa shape index (κ2) is 8.41. The Hall–Kier alpha value is -2.90. The van der Waals surface area contributed by atoms with Crippen LogP contribution in [0.3, 0.4) is 0 Å². The summed E-state index contributed by atoms with van der Waals surface area (Å²) in [6.45, 7) is 1.87. The highest BCUT2D eigenvalue weighted by Crippen LogP contribution is 2.36. The lowest BCUT2D eigenvalue weighted by Crippen LogP contribution is -2.29. The highest BCUT2D eigenvalue weighted by molar-refractivity contribution is 8.19. The first-order valence-electron chi connectivity index (χ1n) is 8.16. The van der Waals surface area contributed by atoms with E-state index in [1.165, 1.54) is 12.0 Å². The fourth-order valence-electron chi connectivity index (χ4n) is 2.49. The maximum atomic E-state index is 12.8. The molecule has 1 aliphatic heterocycles. The van der Waals surface area contributed by atoms with Crippen molar-refractivity contribution in [3.63, 3.8) is 0 Å². The number of methoxy groups -OCH3 is 1. The van der Waals surface area contributed by atoms with Crippen molar-refractivity contribution in [2.24, 2.45) is 4.99 Å². The molecule has 0 spiro atoms. The normalized spacial score (nSPS) is 16.7. The van der Waals surface area contributed by atoms with E-state index >= 15 is 0 Å². The van der Waals surface area contributed by atoms with E-state index in [1.807, 2.05) is 13.0 Å². The zero-order valence-corrected chi connectivity index (χ0v) is 16.6. The zero-order valence-electron chi connectivity index (χ0n) is 15.0. The summed E-state index contributed by atoms with van der Waals surface area (Å²) < 4.78 is 4.59. The van der Waals surface area contributed by atoms with E-state index < -0.39 is 17.8 Å². The number of thioether (sulfide) groups is 1. The molecule has 3 rings (SSSR count). The number of aryl methyl sites for hydroxylation is 1. The zero-order chi connectivity index (χ0) is 20.3. The van der Waals surface area contributed by atoms with Gasteiger partial charge in [0.2, 0.25) is 0 Å². The molecule has 0 aromatic heterocycles. The minimum Gasteiger partial charge on any atom is -0.466 e. The van der Waals surface area contributed by atoms with Crippen LogP contribution in [0.25, 0.3) is 0 Å². The van der Waals surface area contributed by atoms with Crippen molar-refractivity contribution in [3.05, 3.63) is 75.7 Å². The fraction of sp³-hybridized carbons (Fsp3) is 0.100. The summed E-state index contributed by atoms with van der Waals surface area (Å²) in [5, 5.41) is 0.555. The largest absolute Gasteiger partial charge is 0.466 e. The van der Waals surface area contributed by atoms with Gasteiger partial charge in [-0.05, 0) is 49.0 Å². The summed E-state index contributed by atoms with van der Waals surface area (Å²) in [6, 6.07) is 13.6. The molecule has 1 saturated heterocycles. The van der Waals surface area contributed by atoms with Crippen LogP contribution >= 0.6 is 23.4 Å². The topological polar surface area (TPSA) is 76.0 Å². The maximum Gasteiger partial charge on any atom is 0.331 e. The highest BCUT2D eigenvalue weighted by Gasteiger charge is 2.36. The van der Waals surface area contributed by atoms with Gasteiger partial charge in [0.15, 0.2) is 5.17 Å². The number of carbonyl (C=O) groups is 3. The van der Waals surface area contributed by atoms with Gasteiger partial charge in [-0.2, -0.15) is 4.99 Å². The Morgan fingerprint density at radius 2 is 1.93 bits per heavy atom. The summed E-state index contributed by atoms with van der Waals surface area (Å²) in [4.78, 5) is 42.5. The lowest BCUT2D eigenvalue weighted by Gasteiger charge is -2.15. The number of anilines is 1. The summed E-state index contributed by atoms with van der Waals surface area (Å²) in [5.74, 6) is -1.66. The molecule has 8 heteroatoms. The Bertz CT molecular complexity index is 1030. The molecule has 1 fully saturated rings. The summed E-state index contributed by atoms with van der Waals surface area (Å²) in [5.41, 5.74) is 1.75. The van der Waals surface area contributed by atoms with Crippen molar-refractivity contribution < 1.29 is 19.1 Å². The molecule has 0 saturated carbocycles. The van der Waals surface area contributed by atoms with E-state index in [2.05, 4.69) is 9.73 Å². The summed E-state index contributed by atoms with van der Waals surface area (Å²) in [7, 11) is 1.22. The molecular weight excluding hydrogens is 400 g/mol. The quantitative estimate of drug-likeness (QED) is 0.560. The molecule has 0 unspecified atom stereocenters. The van der Waals surface area contributed by atoms with Gasteiger partial charge in [-0.1, -0.05) is 35.4 Å². The van der Waals surface area contributed by atoms with Crippen molar-refractivity contribution in [1.82, 2.24) is 0 Å². The second-order valence-electron chi connectivity index (χ2n) is 5.82. The van der Waals surface area contributed by atoms with E-state index in [0.29, 0.717) is 16.3 Å². The number of hydrogen-bond donors (Lipinski definition) is 0. The van der Waals surface area contributed by atoms with Crippen LogP contribution in [0.15, 0.2) is 64.5 Å². The number of aliphatic imine (C=N–C) groups is 1. The molecule has 0 bridgehead atoms. The van der Waals surface area contributed by atoms with Crippen LogP contribution in [0.2, 0.25) is 5.02 Å². The number of amides is 2. The molecule has 2 aromatic rings. The molecule has 0 N–H and O–H groups in total. The van der Waals surface area contributed by atoms with E-state index in [0.717, 1.165) is 23.4 Å². The van der Waals surface area contributed by atoms with Crippen molar-refractivity contribution in [1.29, 1.82) is 0 Å². The molecule has 0 atom stereocenters. The first-order chi connectivity index (χ1) is 13.4. The lowest BCUT2D eigenvalue weighted by molar-refractivity contribution is -0.135. The predicted molar refractivity (Wildman–Crippen MR) is 110 cm³/mol. The Balaban J connectivity index is 2.05. The molecule has 0 radical (unpaired) electrons. The molecule has 1 aliphatic rings. The highest BCUT2D eigenvalue weighted by atomic mass is 35.5. The number of carbonyl (C=O) groups excluding carboxylic acids is 3. The van der Waals surface area contributed by atoms with Gasteiger partial charge < -0.3 is 4.74 Å². The maximum absolute atomic E-state index is 12.8. The molecule has 6 nitrogen and oxygen atoms in total. The smallest absolute Gasteiger partial charge is 0.331 e. The third-order valence-corrected chi connectivity index (χ3v) is 4.99. The van der Waals surface area contributed by atoms with Gasteiger partial charge in [0, 0.05) is 16.7 Å². The van der Waals surface area contributed by atoms with Crippen LogP contribution < -0.4 is 4.90 Å². The number of amidine groups is 1. The first-order valence-corrected chi connectivity index (χ1v) is 9.35. The van der Waals surface area contributed by atoms with Crippen LogP contribution in [-0.2, 0) is 14.3 Å². The van der Waals surface area contributed by atoms with Crippen LogP contribution in [0.1, 0.15) is 15.9 Å². The first kappa shape index (κ1) is 19.9. The van der Waals surface area contributed by atoms with E-state index in [1.54, 1.807) is 42.5 Å². The molecule has 2 amide bonds. The van der Waals surface area contributed by atoms with Gasteiger partial charge in [0.1, 0.15) is 0 Å². The average Bonchev–Trinajstić information content (AvgIpc) is 2.96. The molecule has 1 heterocycles. The van der Waals surface area contributed by atoms with Crippen LogP contribution in [-0.4, -0.2) is 30.1 Å². The third kappa shape index (κ3) is 4.32. The van der Waals surface area contributed by atoms with Crippen LogP contribution in [0.4, 0.5) is 5.69 Å². The minimum atomic E-state index is -0.673. The standard InChI is InChI=1S/C20H15ClN2O4S/c1-12-5-3-6-13(9-12)18(25)22-20-23(15-8-4-7-14(21)10-15)19(26)16(28-20)11-17(24)27-2/h3-11H,1-2H3/b16-11+,22-20?. The number of ether oxygens (including phenoxy) is 1. The van der Waals surface area contributed by atoms with E-state index in [-0.39, 0.29) is 10.1 Å². The van der Waals surface area contributed by atoms with E-state index in [9.17, 15) is 14.4 Å². The Morgan fingerprint density at radius 1 is 1.18 bits per heavy atom. The van der Waals surface area contributed by atoms with Gasteiger partial charge in [-0.3, -0.25) is 14.5 Å². The summed E-state index contributed by atoms with van der Waals surface area (Å²) >= 11 is 6.96. The third-order valence-electron chi connectivity index (χ3n) is 3.79. The lowest BCUT2D eigenvalue weighted by atomic mass is 10.1. The number of benzene rings is 2. The molecule has 2 aromatic carbocycles. The van der Waals surface area contributed by atoms with Crippen LogP contribution in [0.5, 0.6) is 0 Å². The van der Waals surface area contributed by atoms with Gasteiger partial charge in [-0.15, -0.1) is 0 Å². The number of esters is 1. The Labute approximate surface area is 170 Å². The van der Waals surface area contributed by atoms with Gasteiger partial charge in [0.05, 0.1) is 17.7 Å². The minimum absolute atomic E-state index is 0.0996. The molecule has 28 heavy (non-hydrogen) atoms. The van der Waals surface area contributed by atoms with Gasteiger partial charge in [-0.25, -0.2) is 4.79 Å². The van der Waals surface area contributed by atoms with Crippen molar-refractivity contribution in [2.75, 3.05) is 12.0 Å². The monoisotopic (exact) mass is 414 g/mol. The molecular formula is C20H15ClN2O4S. The number of nitrogens with zero attached hydrogens (tertiary/aromatic N) is 2. The van der Waals surface area contributed by atoms with Crippen molar-refractivity contribution in [2.45, 2.75) is 6.92 Å². The average molecular weight is 415 g/mol. The van der Waals surface area contributed by atoms with Gasteiger partial charge >= 0.3 is 5.97 Å². The number of halogens is 1. The van der Waals surface area contributed by atoms with Crippen LogP contribution in [0, 0.1) is 6.92 Å². The van der Waals surface area contributed by atoms with E-state index in [4.69, 9.17) is 11.6 Å². The predicted octanol–water partition coefficient (Wildman–Crippen LogP) is 3.98. The number of hydrogen-bond acceptors (Lipinski definition) is 5. The second-order valence-corrected chi connectivity index (χ2v) is 7.27. The number of rotatable bonds is 3. The van der Waals surface area contributed by atoms with Crippen molar-refractivity contribution in [3.8, 4) is 0 Å². The Morgan fingerprint density at radius 3 is 2.61 bits per heavy atom.